The lowest BCUT2D eigenvalue weighted by Crippen LogP contribution is -2.34. The molecule has 0 unspecified atom stereocenters. The fraction of sp³-hybridized carbons (Fsp3) is 0.304. The second-order valence-corrected chi connectivity index (χ2v) is 8.03. The summed E-state index contributed by atoms with van der Waals surface area (Å²) >= 11 is 1.71. The van der Waals surface area contributed by atoms with Crippen LogP contribution in [-0.2, 0) is 12.2 Å². The standard InChI is InChI=1S/C23H25N3S/c1-3-7-19(8-4-1)17-20-12-15-26(16-13-20)22-11-14-24-23(25-22)27-18-21-9-5-2-6-10-21/h1-11,14,20H,12-13,15-18H2. The summed E-state index contributed by atoms with van der Waals surface area (Å²) in [7, 11) is 0. The third kappa shape index (κ3) is 5.10. The first-order chi connectivity index (χ1) is 13.4. The van der Waals surface area contributed by atoms with Crippen LogP contribution in [0.1, 0.15) is 24.0 Å². The number of hydrogen-bond donors (Lipinski definition) is 0. The van der Waals surface area contributed by atoms with E-state index in [9.17, 15) is 0 Å². The molecule has 0 bridgehead atoms. The van der Waals surface area contributed by atoms with Crippen molar-refractivity contribution in [3.63, 3.8) is 0 Å². The maximum absolute atomic E-state index is 4.80. The summed E-state index contributed by atoms with van der Waals surface area (Å²) in [6.45, 7) is 2.16. The number of piperidine rings is 1. The SMILES string of the molecule is c1ccc(CSc2nccc(N3CCC(Cc4ccccc4)CC3)n2)cc1. The maximum Gasteiger partial charge on any atom is 0.189 e. The Morgan fingerprint density at radius 3 is 2.22 bits per heavy atom. The lowest BCUT2D eigenvalue weighted by atomic mass is 9.90. The lowest BCUT2D eigenvalue weighted by molar-refractivity contribution is 0.402. The summed E-state index contributed by atoms with van der Waals surface area (Å²) < 4.78 is 0. The van der Waals surface area contributed by atoms with Gasteiger partial charge in [-0.1, -0.05) is 72.4 Å². The predicted molar refractivity (Wildman–Crippen MR) is 113 cm³/mol. The Labute approximate surface area is 165 Å². The third-order valence-corrected chi connectivity index (χ3v) is 6.07. The van der Waals surface area contributed by atoms with E-state index < -0.39 is 0 Å². The average molecular weight is 376 g/mol. The molecule has 1 aliphatic heterocycles. The van der Waals surface area contributed by atoms with E-state index in [2.05, 4.69) is 64.5 Å². The quantitative estimate of drug-likeness (QED) is 0.436. The number of nitrogens with zero attached hydrogens (tertiary/aromatic N) is 3. The normalized spacial score (nSPS) is 15.0. The predicted octanol–water partition coefficient (Wildman–Crippen LogP) is 5.23. The number of thioether (sulfide) groups is 1. The molecule has 0 radical (unpaired) electrons. The number of rotatable bonds is 6. The zero-order valence-corrected chi connectivity index (χ0v) is 16.3. The van der Waals surface area contributed by atoms with Crippen molar-refractivity contribution in [2.75, 3.05) is 18.0 Å². The molecule has 3 nitrogen and oxygen atoms in total. The van der Waals surface area contributed by atoms with Crippen molar-refractivity contribution in [1.82, 2.24) is 9.97 Å². The average Bonchev–Trinajstić information content (AvgIpc) is 2.75. The van der Waals surface area contributed by atoms with Gasteiger partial charge in [-0.3, -0.25) is 0 Å². The van der Waals surface area contributed by atoms with Gasteiger partial charge in [0.25, 0.3) is 0 Å². The molecule has 27 heavy (non-hydrogen) atoms. The second-order valence-electron chi connectivity index (χ2n) is 7.09. The van der Waals surface area contributed by atoms with Crippen LogP contribution in [-0.4, -0.2) is 23.1 Å². The molecule has 3 aromatic rings. The summed E-state index contributed by atoms with van der Waals surface area (Å²) in [6, 6.07) is 23.4. The molecule has 2 heterocycles. The Morgan fingerprint density at radius 1 is 0.852 bits per heavy atom. The monoisotopic (exact) mass is 375 g/mol. The van der Waals surface area contributed by atoms with E-state index in [0.717, 1.165) is 35.7 Å². The topological polar surface area (TPSA) is 29.0 Å². The molecule has 0 N–H and O–H groups in total. The van der Waals surface area contributed by atoms with E-state index in [-0.39, 0.29) is 0 Å². The molecule has 0 spiro atoms. The van der Waals surface area contributed by atoms with Gasteiger partial charge in [0.05, 0.1) is 0 Å². The highest BCUT2D eigenvalue weighted by Gasteiger charge is 2.20. The van der Waals surface area contributed by atoms with Crippen molar-refractivity contribution in [3.05, 3.63) is 84.1 Å². The maximum atomic E-state index is 4.80. The van der Waals surface area contributed by atoms with Crippen LogP contribution in [0, 0.1) is 5.92 Å². The second kappa shape index (κ2) is 9.05. The van der Waals surface area contributed by atoms with Gasteiger partial charge < -0.3 is 4.90 Å². The fourth-order valence-corrected chi connectivity index (χ4v) is 4.39. The molecule has 1 fully saturated rings. The molecular formula is C23H25N3S. The first kappa shape index (κ1) is 18.1. The van der Waals surface area contributed by atoms with Crippen molar-refractivity contribution in [3.8, 4) is 0 Å². The first-order valence-corrected chi connectivity index (χ1v) is 10.6. The zero-order valence-electron chi connectivity index (χ0n) is 15.5. The molecule has 0 saturated carbocycles. The van der Waals surface area contributed by atoms with Gasteiger partial charge in [0.1, 0.15) is 5.82 Å². The molecule has 1 aromatic heterocycles. The molecule has 4 rings (SSSR count). The molecule has 0 aliphatic carbocycles. The van der Waals surface area contributed by atoms with Crippen LogP contribution in [0.5, 0.6) is 0 Å². The van der Waals surface area contributed by atoms with Gasteiger partial charge in [0.2, 0.25) is 0 Å². The number of hydrogen-bond acceptors (Lipinski definition) is 4. The Morgan fingerprint density at radius 2 is 1.52 bits per heavy atom. The van der Waals surface area contributed by atoms with Crippen LogP contribution in [0.4, 0.5) is 5.82 Å². The first-order valence-electron chi connectivity index (χ1n) is 9.65. The highest BCUT2D eigenvalue weighted by molar-refractivity contribution is 7.98. The van der Waals surface area contributed by atoms with Gasteiger partial charge in [0.15, 0.2) is 5.16 Å². The molecule has 0 atom stereocenters. The minimum Gasteiger partial charge on any atom is -0.356 e. The summed E-state index contributed by atoms with van der Waals surface area (Å²) in [5, 5.41) is 0.864. The van der Waals surface area contributed by atoms with E-state index in [4.69, 9.17) is 4.98 Å². The van der Waals surface area contributed by atoms with Crippen LogP contribution in [0.25, 0.3) is 0 Å². The Hall–Kier alpha value is -2.33. The highest BCUT2D eigenvalue weighted by Crippen LogP contribution is 2.26. The van der Waals surface area contributed by atoms with E-state index in [1.54, 1.807) is 11.8 Å². The van der Waals surface area contributed by atoms with Crippen LogP contribution in [0.15, 0.2) is 78.1 Å². The van der Waals surface area contributed by atoms with E-state index in [1.807, 2.05) is 18.3 Å². The van der Waals surface area contributed by atoms with Gasteiger partial charge in [-0.2, -0.15) is 0 Å². The summed E-state index contributed by atoms with van der Waals surface area (Å²) in [4.78, 5) is 11.7. The molecule has 2 aromatic carbocycles. The number of benzene rings is 2. The van der Waals surface area contributed by atoms with E-state index in [1.165, 1.54) is 30.4 Å². The fourth-order valence-electron chi connectivity index (χ4n) is 3.61. The van der Waals surface area contributed by atoms with Crippen molar-refractivity contribution in [2.24, 2.45) is 5.92 Å². The van der Waals surface area contributed by atoms with Crippen molar-refractivity contribution in [1.29, 1.82) is 0 Å². The van der Waals surface area contributed by atoms with Gasteiger partial charge in [-0.25, -0.2) is 9.97 Å². The Balaban J connectivity index is 1.32. The summed E-state index contributed by atoms with van der Waals surface area (Å²) in [5.41, 5.74) is 2.76. The number of aromatic nitrogens is 2. The molecule has 0 amide bonds. The van der Waals surface area contributed by atoms with Crippen LogP contribution >= 0.6 is 11.8 Å². The Kier molecular flexibility index (Phi) is 6.05. The van der Waals surface area contributed by atoms with Crippen LogP contribution < -0.4 is 4.90 Å². The minimum atomic E-state index is 0.775. The van der Waals surface area contributed by atoms with E-state index >= 15 is 0 Å². The third-order valence-electron chi connectivity index (χ3n) is 5.14. The van der Waals surface area contributed by atoms with E-state index in [0.29, 0.717) is 0 Å². The van der Waals surface area contributed by atoms with Gasteiger partial charge in [-0.05, 0) is 42.4 Å². The molecular weight excluding hydrogens is 350 g/mol. The van der Waals surface area contributed by atoms with Crippen LogP contribution in [0.3, 0.4) is 0 Å². The number of anilines is 1. The summed E-state index contributed by atoms with van der Waals surface area (Å²) in [5.74, 6) is 2.75. The van der Waals surface area contributed by atoms with Gasteiger partial charge >= 0.3 is 0 Å². The van der Waals surface area contributed by atoms with Gasteiger partial charge in [-0.15, -0.1) is 0 Å². The molecule has 1 saturated heterocycles. The lowest BCUT2D eigenvalue weighted by Gasteiger charge is -2.33. The smallest absolute Gasteiger partial charge is 0.189 e. The van der Waals surface area contributed by atoms with Crippen molar-refractivity contribution in [2.45, 2.75) is 30.2 Å². The van der Waals surface area contributed by atoms with Crippen LogP contribution in [0.2, 0.25) is 0 Å². The van der Waals surface area contributed by atoms with Gasteiger partial charge in [0, 0.05) is 25.0 Å². The summed E-state index contributed by atoms with van der Waals surface area (Å²) in [6.07, 6.45) is 5.54. The van der Waals surface area contributed by atoms with Crippen molar-refractivity contribution < 1.29 is 0 Å². The zero-order chi connectivity index (χ0) is 18.3. The Bertz CT molecular complexity index is 831. The molecule has 4 heteroatoms. The molecule has 1 aliphatic rings. The highest BCUT2D eigenvalue weighted by atomic mass is 32.2. The molecule has 138 valence electrons. The largest absolute Gasteiger partial charge is 0.356 e. The van der Waals surface area contributed by atoms with Crippen molar-refractivity contribution >= 4 is 17.6 Å². The minimum absolute atomic E-state index is 0.775.